The number of rotatable bonds is 7. The van der Waals surface area contributed by atoms with Crippen molar-refractivity contribution in [2.24, 2.45) is 0 Å². The minimum atomic E-state index is -0.559. The molecule has 0 bridgehead atoms. The fourth-order valence-corrected chi connectivity index (χ4v) is 3.78. The topological polar surface area (TPSA) is 133 Å². The molecule has 2 saturated heterocycles. The van der Waals surface area contributed by atoms with Crippen LogP contribution in [-0.2, 0) is 20.9 Å². The first-order valence-electron chi connectivity index (χ1n) is 11.0. The molecule has 0 radical (unpaired) electrons. The lowest BCUT2D eigenvalue weighted by atomic mass is 10.1. The number of nitrogens with one attached hydrogen (secondary N) is 2. The molecular weight excluding hydrogens is 449 g/mol. The molecule has 1 aromatic carbocycles. The van der Waals surface area contributed by atoms with Gasteiger partial charge in [-0.25, -0.2) is 19.0 Å². The normalized spacial score (nSPS) is 18.6. The van der Waals surface area contributed by atoms with Crippen molar-refractivity contribution in [3.63, 3.8) is 0 Å². The predicted molar refractivity (Wildman–Crippen MR) is 117 cm³/mol. The second-order valence-electron chi connectivity index (χ2n) is 8.04. The highest BCUT2D eigenvalue weighted by molar-refractivity contribution is 5.90. The lowest BCUT2D eigenvalue weighted by molar-refractivity contribution is -0.117. The zero-order chi connectivity index (χ0) is 24.1. The number of hydroxylamine groups is 2. The summed E-state index contributed by atoms with van der Waals surface area (Å²) in [6.45, 7) is 3.09. The number of anilines is 2. The van der Waals surface area contributed by atoms with Crippen molar-refractivity contribution < 1.29 is 28.3 Å². The molecule has 2 aliphatic rings. The molecule has 0 saturated carbocycles. The van der Waals surface area contributed by atoms with Gasteiger partial charge in [0, 0.05) is 19.5 Å². The fraction of sp³-hybridized carbons (Fsp3) is 0.476. The van der Waals surface area contributed by atoms with Crippen molar-refractivity contribution in [2.45, 2.75) is 32.4 Å². The van der Waals surface area contributed by atoms with E-state index in [4.69, 9.17) is 9.57 Å². The first-order valence-corrected chi connectivity index (χ1v) is 11.0. The number of ether oxygens (including phenoxy) is 1. The van der Waals surface area contributed by atoms with Crippen molar-refractivity contribution in [1.82, 2.24) is 25.8 Å². The molecule has 182 valence electrons. The Morgan fingerprint density at radius 2 is 2.15 bits per heavy atom. The number of nitrogens with zero attached hydrogens (tertiary/aromatic N) is 5. The summed E-state index contributed by atoms with van der Waals surface area (Å²) < 4.78 is 20.3. The number of amides is 3. The van der Waals surface area contributed by atoms with Crippen LogP contribution in [0.3, 0.4) is 0 Å². The van der Waals surface area contributed by atoms with Gasteiger partial charge in [-0.2, -0.15) is 15.4 Å². The summed E-state index contributed by atoms with van der Waals surface area (Å²) in [6.07, 6.45) is 1.31. The number of carbonyl (C=O) groups excluding carboxylic acids is 3. The van der Waals surface area contributed by atoms with Gasteiger partial charge in [0.2, 0.25) is 0 Å². The molecule has 3 amide bonds. The molecule has 1 aromatic heterocycles. The zero-order valence-corrected chi connectivity index (χ0v) is 18.7. The van der Waals surface area contributed by atoms with Crippen molar-refractivity contribution >= 4 is 29.3 Å². The van der Waals surface area contributed by atoms with E-state index in [-0.39, 0.29) is 32.0 Å². The highest BCUT2D eigenvalue weighted by Crippen LogP contribution is 2.29. The van der Waals surface area contributed by atoms with Gasteiger partial charge in [-0.1, -0.05) is 0 Å². The predicted octanol–water partition coefficient (Wildman–Crippen LogP) is 1.60. The number of carbonyl (C=O) groups is 3. The third kappa shape index (κ3) is 5.60. The van der Waals surface area contributed by atoms with Crippen LogP contribution in [0, 0.1) is 5.82 Å². The number of urea groups is 1. The highest BCUT2D eigenvalue weighted by Gasteiger charge is 2.33. The molecule has 2 N–H and O–H groups in total. The van der Waals surface area contributed by atoms with E-state index in [0.29, 0.717) is 43.0 Å². The Bertz CT molecular complexity index is 1030. The Labute approximate surface area is 194 Å². The van der Waals surface area contributed by atoms with Crippen molar-refractivity contribution in [3.05, 3.63) is 35.9 Å². The molecule has 0 unspecified atom stereocenters. The minimum Gasteiger partial charge on any atom is -0.444 e. The Morgan fingerprint density at radius 3 is 2.88 bits per heavy atom. The smallest absolute Gasteiger partial charge is 0.414 e. The Hall–Kier alpha value is -3.74. The standard InChI is InChI=1S/C21H26FN7O5/c1-14(30)2-4-17-13-28(21(32)34-17)16-3-5-19(18(22)10-16)27-6-7-29(33-9-8-27)20(31)23-11-15-12-24-26-25-15/h3,5,10,12,17H,2,4,6-9,11,13H2,1H3,(H,23,31)(H,24,25,26)/t17-/m0/s1. The van der Waals surface area contributed by atoms with E-state index in [2.05, 4.69) is 20.7 Å². The average molecular weight is 475 g/mol. The molecule has 34 heavy (non-hydrogen) atoms. The zero-order valence-electron chi connectivity index (χ0n) is 18.7. The fourth-order valence-electron chi connectivity index (χ4n) is 3.78. The second kappa shape index (κ2) is 10.5. The van der Waals surface area contributed by atoms with Crippen LogP contribution >= 0.6 is 0 Å². The maximum absolute atomic E-state index is 15.0. The lowest BCUT2D eigenvalue weighted by Crippen LogP contribution is -2.41. The van der Waals surface area contributed by atoms with Gasteiger partial charge in [0.05, 0.1) is 43.8 Å². The molecule has 0 spiro atoms. The SMILES string of the molecule is CC(=O)CC[C@H]1CN(c2ccc(N3CCON(C(=O)NCc4cn[nH]n4)CC3)c(F)c2)C(=O)O1. The number of ketones is 1. The molecule has 3 heterocycles. The monoisotopic (exact) mass is 475 g/mol. The van der Waals surface area contributed by atoms with E-state index >= 15 is 4.39 Å². The molecule has 0 aliphatic carbocycles. The molecule has 12 nitrogen and oxygen atoms in total. The van der Waals surface area contributed by atoms with Gasteiger partial charge in [-0.15, -0.1) is 0 Å². The summed E-state index contributed by atoms with van der Waals surface area (Å²) in [4.78, 5) is 44.4. The van der Waals surface area contributed by atoms with Gasteiger partial charge in [-0.3, -0.25) is 9.74 Å². The number of aromatic amines is 1. The summed E-state index contributed by atoms with van der Waals surface area (Å²) >= 11 is 0. The van der Waals surface area contributed by atoms with E-state index in [1.807, 2.05) is 0 Å². The third-order valence-corrected chi connectivity index (χ3v) is 5.57. The van der Waals surface area contributed by atoms with Gasteiger partial charge in [0.1, 0.15) is 23.4 Å². The van der Waals surface area contributed by atoms with E-state index in [1.165, 1.54) is 29.2 Å². The molecule has 2 aromatic rings. The summed E-state index contributed by atoms with van der Waals surface area (Å²) in [5.74, 6) is -0.473. The van der Waals surface area contributed by atoms with E-state index in [1.54, 1.807) is 17.0 Å². The number of halogens is 1. The van der Waals surface area contributed by atoms with Crippen LogP contribution in [-0.4, -0.2) is 77.3 Å². The van der Waals surface area contributed by atoms with Crippen molar-refractivity contribution in [3.8, 4) is 0 Å². The maximum atomic E-state index is 15.0. The Morgan fingerprint density at radius 1 is 1.29 bits per heavy atom. The van der Waals surface area contributed by atoms with Crippen LogP contribution in [0.1, 0.15) is 25.5 Å². The quantitative estimate of drug-likeness (QED) is 0.617. The molecular formula is C21H26FN7O5. The van der Waals surface area contributed by atoms with Gasteiger partial charge < -0.3 is 19.7 Å². The summed E-state index contributed by atoms with van der Waals surface area (Å²) in [7, 11) is 0. The number of cyclic esters (lactones) is 1. The maximum Gasteiger partial charge on any atom is 0.414 e. The molecule has 4 rings (SSSR count). The van der Waals surface area contributed by atoms with Gasteiger partial charge in [0.25, 0.3) is 0 Å². The summed E-state index contributed by atoms with van der Waals surface area (Å²) in [6, 6.07) is 4.12. The lowest BCUT2D eigenvalue weighted by Gasteiger charge is -2.24. The molecule has 2 aliphatic heterocycles. The van der Waals surface area contributed by atoms with Crippen molar-refractivity contribution in [1.29, 1.82) is 0 Å². The molecule has 2 fully saturated rings. The number of Topliss-reactive ketones (excluding diaryl/α,β-unsaturated/α-hetero) is 1. The average Bonchev–Trinajstić information content (AvgIpc) is 3.39. The molecule has 1 atom stereocenters. The van der Waals surface area contributed by atoms with Crippen LogP contribution in [0.25, 0.3) is 0 Å². The first-order chi connectivity index (χ1) is 16.4. The number of aromatic nitrogens is 3. The van der Waals surface area contributed by atoms with E-state index in [9.17, 15) is 14.4 Å². The highest BCUT2D eigenvalue weighted by atomic mass is 19.1. The summed E-state index contributed by atoms with van der Waals surface area (Å²) in [5, 5.41) is 13.9. The Balaban J connectivity index is 1.34. The number of H-pyrrole nitrogens is 1. The molecule has 13 heteroatoms. The number of hydrogen-bond acceptors (Lipinski definition) is 8. The van der Waals surface area contributed by atoms with Gasteiger partial charge >= 0.3 is 12.1 Å². The first kappa shape index (κ1) is 23.4. The minimum absolute atomic E-state index is 0.0253. The van der Waals surface area contributed by atoms with Crippen LogP contribution in [0.15, 0.2) is 24.4 Å². The number of benzene rings is 1. The van der Waals surface area contributed by atoms with Crippen LogP contribution in [0.4, 0.5) is 25.4 Å². The van der Waals surface area contributed by atoms with Gasteiger partial charge in [0.15, 0.2) is 0 Å². The second-order valence-corrected chi connectivity index (χ2v) is 8.04. The summed E-state index contributed by atoms with van der Waals surface area (Å²) in [5.41, 5.74) is 1.31. The van der Waals surface area contributed by atoms with Crippen molar-refractivity contribution in [2.75, 3.05) is 42.6 Å². The van der Waals surface area contributed by atoms with E-state index < -0.39 is 24.0 Å². The van der Waals surface area contributed by atoms with E-state index in [0.717, 1.165) is 0 Å². The van der Waals surface area contributed by atoms with Crippen LogP contribution in [0.5, 0.6) is 0 Å². The number of hydrogen-bond donors (Lipinski definition) is 2. The van der Waals surface area contributed by atoms with Gasteiger partial charge in [-0.05, 0) is 31.5 Å². The third-order valence-electron chi connectivity index (χ3n) is 5.57. The Kier molecular flexibility index (Phi) is 7.21. The van der Waals surface area contributed by atoms with Crippen LogP contribution < -0.4 is 15.1 Å². The van der Waals surface area contributed by atoms with Crippen LogP contribution in [0.2, 0.25) is 0 Å². The largest absolute Gasteiger partial charge is 0.444 e.